The van der Waals surface area contributed by atoms with Gasteiger partial charge >= 0.3 is 0 Å². The first-order valence-electron chi connectivity index (χ1n) is 11.7. The van der Waals surface area contributed by atoms with Crippen molar-refractivity contribution in [2.75, 3.05) is 6.61 Å². The van der Waals surface area contributed by atoms with Crippen molar-refractivity contribution in [3.63, 3.8) is 0 Å². The van der Waals surface area contributed by atoms with E-state index in [1.54, 1.807) is 12.1 Å². The average Bonchev–Trinajstić information content (AvgIpc) is 2.85. The van der Waals surface area contributed by atoms with Gasteiger partial charge in [0.2, 0.25) is 0 Å². The summed E-state index contributed by atoms with van der Waals surface area (Å²) in [6.07, 6.45) is -7.37. The zero-order valence-electron chi connectivity index (χ0n) is 19.6. The predicted molar refractivity (Wildman–Crippen MR) is 125 cm³/mol. The van der Waals surface area contributed by atoms with Gasteiger partial charge in [-0.3, -0.25) is 0 Å². The van der Waals surface area contributed by atoms with Gasteiger partial charge in [-0.1, -0.05) is 12.1 Å². The Morgan fingerprint density at radius 1 is 0.750 bits per heavy atom. The molecule has 0 spiro atoms. The molecule has 0 aromatic heterocycles. The maximum absolute atomic E-state index is 10.7. The average molecular weight is 511 g/mol. The number of aliphatic hydroxyl groups is 5. The first kappa shape index (κ1) is 27.9. The van der Waals surface area contributed by atoms with E-state index >= 15 is 0 Å². The molecule has 0 bridgehead atoms. The molecule has 0 amide bonds. The van der Waals surface area contributed by atoms with Gasteiger partial charge in [-0.15, -0.1) is 0 Å². The molecular formula is C25H34O11. The van der Waals surface area contributed by atoms with Crippen LogP contribution in [0.2, 0.25) is 0 Å². The molecule has 9 N–H and O–H groups in total. The van der Waals surface area contributed by atoms with Crippen LogP contribution in [0.4, 0.5) is 0 Å². The molecule has 0 unspecified atom stereocenters. The third-order valence-corrected chi connectivity index (χ3v) is 6.31. The Labute approximate surface area is 208 Å². The number of hydrogen-bond acceptors (Lipinski definition) is 11. The number of aliphatic hydroxyl groups excluding tert-OH is 5. The first-order valence-corrected chi connectivity index (χ1v) is 11.7. The zero-order valence-corrected chi connectivity index (χ0v) is 19.6. The number of benzene rings is 2. The Balaban J connectivity index is 1.67. The Morgan fingerprint density at radius 2 is 1.31 bits per heavy atom. The smallest absolute Gasteiger partial charge is 0.186 e. The van der Waals surface area contributed by atoms with Crippen LogP contribution in [-0.2, 0) is 22.3 Å². The Morgan fingerprint density at radius 3 is 1.83 bits per heavy atom. The normalized spacial score (nSPS) is 26.0. The number of phenols is 4. The molecule has 0 radical (unpaired) electrons. The highest BCUT2D eigenvalue weighted by atomic mass is 16.7. The summed E-state index contributed by atoms with van der Waals surface area (Å²) in [7, 11) is 0. The molecular weight excluding hydrogens is 476 g/mol. The third-order valence-electron chi connectivity index (χ3n) is 6.31. The molecule has 0 aliphatic carbocycles. The summed E-state index contributed by atoms with van der Waals surface area (Å²) in [4.78, 5) is 0. The lowest BCUT2D eigenvalue weighted by atomic mass is 9.97. The van der Waals surface area contributed by atoms with E-state index in [0.717, 1.165) is 0 Å². The molecule has 1 heterocycles. The van der Waals surface area contributed by atoms with E-state index in [0.29, 0.717) is 36.8 Å². The minimum absolute atomic E-state index is 0.100. The summed E-state index contributed by atoms with van der Waals surface area (Å²) >= 11 is 0. The lowest BCUT2D eigenvalue weighted by Crippen LogP contribution is -2.59. The fourth-order valence-electron chi connectivity index (χ4n) is 4.14. The van der Waals surface area contributed by atoms with Crippen molar-refractivity contribution >= 4 is 0 Å². The quantitative estimate of drug-likeness (QED) is 0.184. The zero-order chi connectivity index (χ0) is 26.4. The maximum Gasteiger partial charge on any atom is 0.186 e. The molecule has 7 atom stereocenters. The lowest BCUT2D eigenvalue weighted by molar-refractivity contribution is -0.313. The molecule has 36 heavy (non-hydrogen) atoms. The first-order chi connectivity index (χ1) is 17.1. The van der Waals surface area contributed by atoms with Gasteiger partial charge < -0.3 is 55.4 Å². The van der Waals surface area contributed by atoms with Crippen molar-refractivity contribution in [1.82, 2.24) is 0 Å². The van der Waals surface area contributed by atoms with E-state index in [1.165, 1.54) is 24.3 Å². The monoisotopic (exact) mass is 510 g/mol. The Bertz CT molecular complexity index is 982. The van der Waals surface area contributed by atoms with Crippen LogP contribution in [0, 0.1) is 0 Å². The number of ether oxygens (including phenoxy) is 2. The Hall–Kier alpha value is -2.64. The second-order valence-electron chi connectivity index (χ2n) is 9.07. The van der Waals surface area contributed by atoms with Crippen molar-refractivity contribution in [3.8, 4) is 23.0 Å². The molecule has 3 rings (SSSR count). The van der Waals surface area contributed by atoms with E-state index < -0.39 is 49.5 Å². The molecule has 1 fully saturated rings. The van der Waals surface area contributed by atoms with Crippen LogP contribution in [0.3, 0.4) is 0 Å². The predicted octanol–water partition coefficient (Wildman–Crippen LogP) is 0.0105. The van der Waals surface area contributed by atoms with Crippen LogP contribution < -0.4 is 0 Å². The maximum atomic E-state index is 10.7. The number of aryl methyl sites for hydroxylation is 2. The summed E-state index contributed by atoms with van der Waals surface area (Å²) in [6, 6.07) is 8.75. The molecule has 1 saturated heterocycles. The molecule has 2 aromatic carbocycles. The largest absolute Gasteiger partial charge is 0.504 e. The van der Waals surface area contributed by atoms with E-state index in [-0.39, 0.29) is 29.4 Å². The number of phenolic OH excluding ortho intramolecular Hbond substituents is 4. The summed E-state index contributed by atoms with van der Waals surface area (Å²) < 4.78 is 11.3. The summed E-state index contributed by atoms with van der Waals surface area (Å²) in [5.74, 6) is -1.05. The van der Waals surface area contributed by atoms with Crippen molar-refractivity contribution in [3.05, 3.63) is 47.5 Å². The minimum atomic E-state index is -1.61. The van der Waals surface area contributed by atoms with E-state index in [4.69, 9.17) is 9.47 Å². The van der Waals surface area contributed by atoms with Crippen LogP contribution in [0.1, 0.15) is 30.4 Å². The molecule has 1 aliphatic heterocycles. The van der Waals surface area contributed by atoms with E-state index in [1.807, 2.05) is 0 Å². The second-order valence-corrected chi connectivity index (χ2v) is 9.07. The highest BCUT2D eigenvalue weighted by molar-refractivity contribution is 5.41. The van der Waals surface area contributed by atoms with Crippen LogP contribution >= 0.6 is 0 Å². The summed E-state index contributed by atoms with van der Waals surface area (Å²) in [5, 5.41) is 88.9. The van der Waals surface area contributed by atoms with Crippen molar-refractivity contribution in [2.45, 2.75) is 75.0 Å². The third kappa shape index (κ3) is 7.20. The number of rotatable bonds is 11. The van der Waals surface area contributed by atoms with Crippen LogP contribution in [-0.4, -0.2) is 95.5 Å². The van der Waals surface area contributed by atoms with Gasteiger partial charge in [-0.05, 0) is 67.5 Å². The van der Waals surface area contributed by atoms with Crippen molar-refractivity contribution in [1.29, 1.82) is 0 Å². The highest BCUT2D eigenvalue weighted by Crippen LogP contribution is 2.29. The molecule has 200 valence electrons. The molecule has 2 aromatic rings. The fraction of sp³-hybridized carbons (Fsp3) is 0.520. The number of aromatic hydroxyl groups is 4. The van der Waals surface area contributed by atoms with Gasteiger partial charge in [0, 0.05) is 0 Å². The van der Waals surface area contributed by atoms with Gasteiger partial charge in [-0.2, -0.15) is 0 Å². The van der Waals surface area contributed by atoms with Gasteiger partial charge in [0.25, 0.3) is 0 Å². The van der Waals surface area contributed by atoms with Gasteiger partial charge in [0.1, 0.15) is 24.4 Å². The van der Waals surface area contributed by atoms with Crippen molar-refractivity contribution in [2.24, 2.45) is 0 Å². The molecule has 1 aliphatic rings. The highest BCUT2D eigenvalue weighted by Gasteiger charge is 2.44. The molecule has 11 nitrogen and oxygen atoms in total. The van der Waals surface area contributed by atoms with Crippen LogP contribution in [0.15, 0.2) is 36.4 Å². The van der Waals surface area contributed by atoms with E-state index in [9.17, 15) is 46.0 Å². The van der Waals surface area contributed by atoms with Gasteiger partial charge in [-0.25, -0.2) is 0 Å². The van der Waals surface area contributed by atoms with E-state index in [2.05, 4.69) is 0 Å². The lowest BCUT2D eigenvalue weighted by Gasteiger charge is -2.41. The topological polar surface area (TPSA) is 201 Å². The standard InChI is InChI=1S/C25H34O11/c26-12-21-22(32)23(33)24(34)25(36-21)35-16(6-2-14-4-8-18(29)20(31)10-14)11-15(27)5-1-13-3-7-17(28)19(30)9-13/h3-4,7-10,15-16,21-34H,1-2,5-6,11-12H2/t15-,16+,21-,22+,23-,24-,25+/m0/s1. The fourth-order valence-corrected chi connectivity index (χ4v) is 4.14. The molecule has 11 heteroatoms. The van der Waals surface area contributed by atoms with Crippen LogP contribution in [0.5, 0.6) is 23.0 Å². The SMILES string of the molecule is OC[C@@H]1O[C@@H](O[C@H](CCc2ccc(O)c(O)c2)C[C@@H](O)CCc2ccc(O)c(O)c2)[C@@H](O)[C@@H](O)[C@@H]1O. The van der Waals surface area contributed by atoms with Crippen LogP contribution in [0.25, 0.3) is 0 Å². The minimum Gasteiger partial charge on any atom is -0.504 e. The second kappa shape index (κ2) is 12.5. The summed E-state index contributed by atoms with van der Waals surface area (Å²) in [5.41, 5.74) is 1.39. The summed E-state index contributed by atoms with van der Waals surface area (Å²) in [6.45, 7) is -0.607. The van der Waals surface area contributed by atoms with Gasteiger partial charge in [0.05, 0.1) is 18.8 Å². The van der Waals surface area contributed by atoms with Gasteiger partial charge in [0.15, 0.2) is 29.3 Å². The number of hydrogen-bond donors (Lipinski definition) is 9. The Kier molecular flexibility index (Phi) is 9.74. The van der Waals surface area contributed by atoms with Crippen molar-refractivity contribution < 1.29 is 55.4 Å². The molecule has 0 saturated carbocycles.